The van der Waals surface area contributed by atoms with Gasteiger partial charge in [-0.2, -0.15) is 4.31 Å². The van der Waals surface area contributed by atoms with Crippen molar-refractivity contribution in [3.05, 3.63) is 17.0 Å². The van der Waals surface area contributed by atoms with E-state index in [1.54, 1.807) is 10.4 Å². The molecule has 96 valence electrons. The van der Waals surface area contributed by atoms with E-state index in [0.717, 1.165) is 17.8 Å². The third-order valence-electron chi connectivity index (χ3n) is 2.91. The first-order valence-electron chi connectivity index (χ1n) is 5.86. The molecule has 0 aromatic carbocycles. The Bertz CT molecular complexity index is 481. The second-order valence-corrected chi connectivity index (χ2v) is 7.63. The lowest BCUT2D eigenvalue weighted by Crippen LogP contribution is -2.51. The fourth-order valence-electron chi connectivity index (χ4n) is 1.93. The average Bonchev–Trinajstić information content (AvgIpc) is 2.78. The molecule has 1 atom stereocenters. The summed E-state index contributed by atoms with van der Waals surface area (Å²) in [5.74, 6) is 0. The highest BCUT2D eigenvalue weighted by atomic mass is 32.2. The molecule has 0 amide bonds. The summed E-state index contributed by atoms with van der Waals surface area (Å²) >= 11 is 1.38. The van der Waals surface area contributed by atoms with Crippen LogP contribution in [0.5, 0.6) is 0 Å². The predicted octanol–water partition coefficient (Wildman–Crippen LogP) is 1.29. The maximum atomic E-state index is 12.4. The van der Waals surface area contributed by atoms with Gasteiger partial charge >= 0.3 is 0 Å². The van der Waals surface area contributed by atoms with Crippen LogP contribution in [0.4, 0.5) is 0 Å². The van der Waals surface area contributed by atoms with Gasteiger partial charge in [0, 0.05) is 30.6 Å². The van der Waals surface area contributed by atoms with Gasteiger partial charge in [-0.1, -0.05) is 6.92 Å². The van der Waals surface area contributed by atoms with Crippen molar-refractivity contribution in [1.29, 1.82) is 0 Å². The standard InChI is InChI=1S/C11H18N2O2S2/c1-3-10-4-5-11(16-10)17(14,15)13-7-6-12-9(2)8-13/h4-5,9,12H,3,6-8H2,1-2H3/t9-/m0/s1. The summed E-state index contributed by atoms with van der Waals surface area (Å²) in [6.45, 7) is 5.89. The molecular formula is C11H18N2O2S2. The number of nitrogens with one attached hydrogen (secondary N) is 1. The van der Waals surface area contributed by atoms with Crippen LogP contribution >= 0.6 is 11.3 Å². The molecule has 0 saturated carbocycles. The van der Waals surface area contributed by atoms with Crippen molar-refractivity contribution < 1.29 is 8.42 Å². The average molecular weight is 274 g/mol. The van der Waals surface area contributed by atoms with E-state index in [1.807, 2.05) is 19.9 Å². The highest BCUT2D eigenvalue weighted by Gasteiger charge is 2.29. The number of aryl methyl sites for hydroxylation is 1. The number of hydrogen-bond acceptors (Lipinski definition) is 4. The van der Waals surface area contributed by atoms with Gasteiger partial charge in [-0.15, -0.1) is 11.3 Å². The Balaban J connectivity index is 2.23. The van der Waals surface area contributed by atoms with Crippen molar-refractivity contribution in [1.82, 2.24) is 9.62 Å². The summed E-state index contributed by atoms with van der Waals surface area (Å²) in [6.07, 6.45) is 0.887. The number of hydrogen-bond donors (Lipinski definition) is 1. The summed E-state index contributed by atoms with van der Waals surface area (Å²) in [5.41, 5.74) is 0. The lowest BCUT2D eigenvalue weighted by molar-refractivity contribution is 0.311. The molecular weight excluding hydrogens is 256 g/mol. The summed E-state index contributed by atoms with van der Waals surface area (Å²) in [6, 6.07) is 3.86. The van der Waals surface area contributed by atoms with Crippen LogP contribution in [0.3, 0.4) is 0 Å². The molecule has 1 saturated heterocycles. The SMILES string of the molecule is CCc1ccc(S(=O)(=O)N2CCN[C@@H](C)C2)s1. The van der Waals surface area contributed by atoms with E-state index >= 15 is 0 Å². The van der Waals surface area contributed by atoms with Crippen LogP contribution in [-0.4, -0.2) is 38.4 Å². The van der Waals surface area contributed by atoms with Crippen molar-refractivity contribution in [2.24, 2.45) is 0 Å². The zero-order valence-corrected chi connectivity index (χ0v) is 11.8. The minimum absolute atomic E-state index is 0.226. The third-order valence-corrected chi connectivity index (χ3v) is 6.47. The molecule has 0 radical (unpaired) electrons. The Morgan fingerprint density at radius 3 is 2.88 bits per heavy atom. The Morgan fingerprint density at radius 1 is 1.53 bits per heavy atom. The molecule has 1 N–H and O–H groups in total. The van der Waals surface area contributed by atoms with Crippen LogP contribution in [0.25, 0.3) is 0 Å². The Labute approximate surface area is 107 Å². The zero-order valence-electron chi connectivity index (χ0n) is 10.1. The van der Waals surface area contributed by atoms with Crippen molar-refractivity contribution in [2.75, 3.05) is 19.6 Å². The molecule has 0 unspecified atom stereocenters. The van der Waals surface area contributed by atoms with Crippen molar-refractivity contribution in [3.63, 3.8) is 0 Å². The van der Waals surface area contributed by atoms with E-state index in [2.05, 4.69) is 5.32 Å². The monoisotopic (exact) mass is 274 g/mol. The quantitative estimate of drug-likeness (QED) is 0.903. The second kappa shape index (κ2) is 5.06. The van der Waals surface area contributed by atoms with Crippen LogP contribution in [0.2, 0.25) is 0 Å². The lowest BCUT2D eigenvalue weighted by Gasteiger charge is -2.30. The first-order chi connectivity index (χ1) is 8.04. The fraction of sp³-hybridized carbons (Fsp3) is 0.636. The van der Waals surface area contributed by atoms with Crippen LogP contribution in [0.1, 0.15) is 18.7 Å². The van der Waals surface area contributed by atoms with E-state index in [1.165, 1.54) is 11.3 Å². The molecule has 0 spiro atoms. The Hall–Kier alpha value is -0.430. The van der Waals surface area contributed by atoms with Crippen LogP contribution in [-0.2, 0) is 16.4 Å². The first kappa shape index (κ1) is 13.0. The molecule has 0 bridgehead atoms. The summed E-state index contributed by atoms with van der Waals surface area (Å²) < 4.78 is 26.8. The zero-order chi connectivity index (χ0) is 12.5. The normalized spacial score (nSPS) is 22.8. The maximum absolute atomic E-state index is 12.4. The van der Waals surface area contributed by atoms with Gasteiger partial charge in [0.25, 0.3) is 10.0 Å². The van der Waals surface area contributed by atoms with Gasteiger partial charge in [-0.05, 0) is 25.5 Å². The van der Waals surface area contributed by atoms with Crippen LogP contribution in [0, 0.1) is 0 Å². The number of rotatable bonds is 3. The van der Waals surface area contributed by atoms with Gasteiger partial charge in [-0.25, -0.2) is 8.42 Å². The van der Waals surface area contributed by atoms with Crippen molar-refractivity contribution in [3.8, 4) is 0 Å². The minimum Gasteiger partial charge on any atom is -0.312 e. The second-order valence-electron chi connectivity index (χ2n) is 4.29. The van der Waals surface area contributed by atoms with E-state index in [9.17, 15) is 8.42 Å². The van der Waals surface area contributed by atoms with Crippen molar-refractivity contribution in [2.45, 2.75) is 30.5 Å². The van der Waals surface area contributed by atoms with Gasteiger partial charge in [-0.3, -0.25) is 0 Å². The predicted molar refractivity (Wildman–Crippen MR) is 69.9 cm³/mol. The topological polar surface area (TPSA) is 49.4 Å². The van der Waals surface area contributed by atoms with E-state index < -0.39 is 10.0 Å². The molecule has 1 aliphatic rings. The van der Waals surface area contributed by atoms with Crippen molar-refractivity contribution >= 4 is 21.4 Å². The number of sulfonamides is 1. The maximum Gasteiger partial charge on any atom is 0.252 e. The molecule has 17 heavy (non-hydrogen) atoms. The molecule has 1 aromatic rings. The van der Waals surface area contributed by atoms with Gasteiger partial charge < -0.3 is 5.32 Å². The molecule has 4 nitrogen and oxygen atoms in total. The molecule has 0 aliphatic carbocycles. The molecule has 1 fully saturated rings. The summed E-state index contributed by atoms with van der Waals surface area (Å²) in [7, 11) is -3.27. The minimum atomic E-state index is -3.27. The van der Waals surface area contributed by atoms with E-state index in [-0.39, 0.29) is 6.04 Å². The fourth-order valence-corrected chi connectivity index (χ4v) is 4.91. The Morgan fingerprint density at radius 2 is 2.29 bits per heavy atom. The van der Waals surface area contributed by atoms with E-state index in [4.69, 9.17) is 0 Å². The molecule has 1 aliphatic heterocycles. The molecule has 6 heteroatoms. The third kappa shape index (κ3) is 2.70. The molecule has 2 rings (SSSR count). The highest BCUT2D eigenvalue weighted by molar-refractivity contribution is 7.91. The van der Waals surface area contributed by atoms with Crippen LogP contribution < -0.4 is 5.32 Å². The lowest BCUT2D eigenvalue weighted by atomic mass is 10.3. The summed E-state index contributed by atoms with van der Waals surface area (Å²) in [5, 5.41) is 3.25. The summed E-state index contributed by atoms with van der Waals surface area (Å²) in [4.78, 5) is 1.12. The van der Waals surface area contributed by atoms with Gasteiger partial charge in [0.05, 0.1) is 0 Å². The number of piperazine rings is 1. The van der Waals surface area contributed by atoms with Crippen LogP contribution in [0.15, 0.2) is 16.3 Å². The van der Waals surface area contributed by atoms with Gasteiger partial charge in [0.1, 0.15) is 4.21 Å². The smallest absolute Gasteiger partial charge is 0.252 e. The molecule has 2 heterocycles. The first-order valence-corrected chi connectivity index (χ1v) is 8.12. The number of nitrogens with zero attached hydrogens (tertiary/aromatic N) is 1. The highest BCUT2D eigenvalue weighted by Crippen LogP contribution is 2.25. The van der Waals surface area contributed by atoms with E-state index in [0.29, 0.717) is 17.3 Å². The van der Waals surface area contributed by atoms with Gasteiger partial charge in [0.2, 0.25) is 0 Å². The Kier molecular flexibility index (Phi) is 3.87. The largest absolute Gasteiger partial charge is 0.312 e. The number of thiophene rings is 1. The van der Waals surface area contributed by atoms with Gasteiger partial charge in [0.15, 0.2) is 0 Å². The molecule has 1 aromatic heterocycles.